The first kappa shape index (κ1) is 8.57. The Hall–Kier alpha value is -0.530. The van der Waals surface area contributed by atoms with Crippen LogP contribution in [-0.4, -0.2) is 11.9 Å². The fraction of sp³-hybridized carbons (Fsp3) is 0.889. The van der Waals surface area contributed by atoms with Crippen LogP contribution in [0.3, 0.4) is 0 Å². The van der Waals surface area contributed by atoms with Gasteiger partial charge in [0, 0.05) is 12.0 Å². The predicted octanol–water partition coefficient (Wildman–Crippen LogP) is 1.70. The van der Waals surface area contributed by atoms with Crippen LogP contribution in [-0.2, 0) is 4.79 Å². The highest BCUT2D eigenvalue weighted by Gasteiger charge is 2.30. The van der Waals surface area contributed by atoms with Gasteiger partial charge >= 0.3 is 0 Å². The molecular formula is C9H17NO. The molecule has 1 rings (SSSR count). The molecule has 0 atom stereocenters. The third-order valence-electron chi connectivity index (χ3n) is 2.28. The molecule has 1 saturated carbocycles. The molecule has 11 heavy (non-hydrogen) atoms. The second-order valence-electron chi connectivity index (χ2n) is 3.30. The topological polar surface area (TPSA) is 29.1 Å². The van der Waals surface area contributed by atoms with Gasteiger partial charge in [0.15, 0.2) is 0 Å². The molecule has 0 bridgehead atoms. The first-order chi connectivity index (χ1) is 5.27. The van der Waals surface area contributed by atoms with Gasteiger partial charge in [-0.1, -0.05) is 13.8 Å². The molecule has 1 aliphatic rings. The molecule has 64 valence electrons. The van der Waals surface area contributed by atoms with E-state index in [0.29, 0.717) is 12.0 Å². The van der Waals surface area contributed by atoms with Gasteiger partial charge in [-0.25, -0.2) is 0 Å². The Morgan fingerprint density at radius 3 is 2.36 bits per heavy atom. The minimum Gasteiger partial charge on any atom is -0.353 e. The Bertz CT molecular complexity index is 136. The maximum absolute atomic E-state index is 11.2. The number of amides is 1. The summed E-state index contributed by atoms with van der Waals surface area (Å²) in [6.07, 6.45) is 4.31. The number of hydrogen-bond acceptors (Lipinski definition) is 1. The lowest BCUT2D eigenvalue weighted by atomic mass is 10.1. The summed E-state index contributed by atoms with van der Waals surface area (Å²) in [6.45, 7) is 4.22. The Labute approximate surface area is 68.4 Å². The maximum Gasteiger partial charge on any atom is 0.223 e. The molecule has 2 nitrogen and oxygen atoms in total. The van der Waals surface area contributed by atoms with E-state index in [2.05, 4.69) is 19.2 Å². The van der Waals surface area contributed by atoms with Gasteiger partial charge in [0.05, 0.1) is 0 Å². The van der Waals surface area contributed by atoms with Crippen LogP contribution in [0.15, 0.2) is 0 Å². The standard InChI is InChI=1S/C9H17NO/c1-3-8(4-2)10-9(11)7-5-6-7/h7-8H,3-6H2,1-2H3,(H,10,11). The quantitative estimate of drug-likeness (QED) is 0.657. The van der Waals surface area contributed by atoms with Crippen molar-refractivity contribution in [2.45, 2.75) is 45.6 Å². The van der Waals surface area contributed by atoms with Gasteiger partial charge < -0.3 is 5.32 Å². The minimum absolute atomic E-state index is 0.277. The molecule has 2 heteroatoms. The van der Waals surface area contributed by atoms with Crippen molar-refractivity contribution < 1.29 is 4.79 Å². The van der Waals surface area contributed by atoms with Crippen molar-refractivity contribution >= 4 is 5.91 Å². The largest absolute Gasteiger partial charge is 0.353 e. The molecule has 1 aliphatic carbocycles. The highest BCUT2D eigenvalue weighted by molar-refractivity contribution is 5.81. The molecule has 0 unspecified atom stereocenters. The van der Waals surface area contributed by atoms with E-state index in [1.165, 1.54) is 0 Å². The Kier molecular flexibility index (Phi) is 2.92. The molecule has 0 aromatic rings. The second-order valence-corrected chi connectivity index (χ2v) is 3.30. The van der Waals surface area contributed by atoms with E-state index in [-0.39, 0.29) is 5.91 Å². The molecule has 0 saturated heterocycles. The first-order valence-corrected chi connectivity index (χ1v) is 4.58. The average molecular weight is 155 g/mol. The summed E-state index contributed by atoms with van der Waals surface area (Å²) < 4.78 is 0. The van der Waals surface area contributed by atoms with Crippen molar-refractivity contribution in [3.05, 3.63) is 0 Å². The highest BCUT2D eigenvalue weighted by atomic mass is 16.2. The third-order valence-corrected chi connectivity index (χ3v) is 2.28. The van der Waals surface area contributed by atoms with E-state index in [0.717, 1.165) is 25.7 Å². The summed E-state index contributed by atoms with van der Waals surface area (Å²) >= 11 is 0. The summed E-state index contributed by atoms with van der Waals surface area (Å²) in [5, 5.41) is 3.04. The molecule has 1 amide bonds. The minimum atomic E-state index is 0.277. The Morgan fingerprint density at radius 2 is 2.00 bits per heavy atom. The van der Waals surface area contributed by atoms with Crippen LogP contribution in [0.2, 0.25) is 0 Å². The van der Waals surface area contributed by atoms with Crippen LogP contribution in [0, 0.1) is 5.92 Å². The number of carbonyl (C=O) groups is 1. The summed E-state index contributed by atoms with van der Waals surface area (Å²) in [7, 11) is 0. The lowest BCUT2D eigenvalue weighted by Crippen LogP contribution is -2.34. The monoisotopic (exact) mass is 155 g/mol. The van der Waals surface area contributed by atoms with E-state index in [9.17, 15) is 4.79 Å². The maximum atomic E-state index is 11.2. The van der Waals surface area contributed by atoms with E-state index in [1.807, 2.05) is 0 Å². The Morgan fingerprint density at radius 1 is 1.45 bits per heavy atom. The smallest absolute Gasteiger partial charge is 0.223 e. The molecule has 0 aromatic heterocycles. The normalized spacial score (nSPS) is 17.0. The zero-order valence-corrected chi connectivity index (χ0v) is 7.39. The van der Waals surface area contributed by atoms with Crippen LogP contribution in [0.25, 0.3) is 0 Å². The molecule has 1 N–H and O–H groups in total. The SMILES string of the molecule is CCC(CC)NC(=O)C1CC1. The van der Waals surface area contributed by atoms with E-state index < -0.39 is 0 Å². The second kappa shape index (κ2) is 3.74. The van der Waals surface area contributed by atoms with Crippen molar-refractivity contribution in [1.82, 2.24) is 5.32 Å². The summed E-state index contributed by atoms with van der Waals surface area (Å²) in [5.74, 6) is 0.634. The molecule has 0 heterocycles. The van der Waals surface area contributed by atoms with Crippen molar-refractivity contribution in [3.8, 4) is 0 Å². The van der Waals surface area contributed by atoms with E-state index >= 15 is 0 Å². The van der Waals surface area contributed by atoms with Crippen molar-refractivity contribution in [3.63, 3.8) is 0 Å². The number of nitrogens with one attached hydrogen (secondary N) is 1. The average Bonchev–Trinajstić information content (AvgIpc) is 2.81. The van der Waals surface area contributed by atoms with Crippen molar-refractivity contribution in [2.75, 3.05) is 0 Å². The number of hydrogen-bond donors (Lipinski definition) is 1. The fourth-order valence-corrected chi connectivity index (χ4v) is 1.16. The zero-order chi connectivity index (χ0) is 8.27. The van der Waals surface area contributed by atoms with Gasteiger partial charge in [-0.15, -0.1) is 0 Å². The number of carbonyl (C=O) groups excluding carboxylic acids is 1. The third kappa shape index (κ3) is 2.52. The van der Waals surface area contributed by atoms with Gasteiger partial charge in [-0.2, -0.15) is 0 Å². The lowest BCUT2D eigenvalue weighted by molar-refractivity contribution is -0.123. The molecule has 0 radical (unpaired) electrons. The van der Waals surface area contributed by atoms with Crippen LogP contribution in [0.1, 0.15) is 39.5 Å². The van der Waals surface area contributed by atoms with E-state index in [4.69, 9.17) is 0 Å². The number of rotatable bonds is 4. The molecule has 0 aliphatic heterocycles. The zero-order valence-electron chi connectivity index (χ0n) is 7.39. The van der Waals surface area contributed by atoms with E-state index in [1.54, 1.807) is 0 Å². The van der Waals surface area contributed by atoms with Gasteiger partial charge in [0.25, 0.3) is 0 Å². The summed E-state index contributed by atoms with van der Waals surface area (Å²) in [5.41, 5.74) is 0. The van der Waals surface area contributed by atoms with Crippen LogP contribution >= 0.6 is 0 Å². The van der Waals surface area contributed by atoms with Crippen LogP contribution < -0.4 is 5.32 Å². The van der Waals surface area contributed by atoms with Gasteiger partial charge in [-0.05, 0) is 25.7 Å². The van der Waals surface area contributed by atoms with Crippen molar-refractivity contribution in [2.24, 2.45) is 5.92 Å². The van der Waals surface area contributed by atoms with Crippen LogP contribution in [0.5, 0.6) is 0 Å². The summed E-state index contributed by atoms with van der Waals surface area (Å²) in [4.78, 5) is 11.2. The van der Waals surface area contributed by atoms with Gasteiger partial charge in [0.1, 0.15) is 0 Å². The van der Waals surface area contributed by atoms with Crippen molar-refractivity contribution in [1.29, 1.82) is 0 Å². The Balaban J connectivity index is 2.20. The molecule has 0 aromatic carbocycles. The predicted molar refractivity (Wildman–Crippen MR) is 45.2 cm³/mol. The molecular weight excluding hydrogens is 138 g/mol. The van der Waals surface area contributed by atoms with Gasteiger partial charge in [0.2, 0.25) is 5.91 Å². The van der Waals surface area contributed by atoms with Crippen LogP contribution in [0.4, 0.5) is 0 Å². The molecule has 1 fully saturated rings. The first-order valence-electron chi connectivity index (χ1n) is 4.58. The highest BCUT2D eigenvalue weighted by Crippen LogP contribution is 2.29. The fourth-order valence-electron chi connectivity index (χ4n) is 1.16. The summed E-state index contributed by atoms with van der Waals surface area (Å²) in [6, 6.07) is 0.406. The lowest BCUT2D eigenvalue weighted by Gasteiger charge is -2.13. The van der Waals surface area contributed by atoms with Gasteiger partial charge in [-0.3, -0.25) is 4.79 Å². The molecule has 0 spiro atoms.